The molecule has 1 saturated heterocycles. The number of aromatic nitrogens is 2. The van der Waals surface area contributed by atoms with E-state index >= 15 is 0 Å². The lowest BCUT2D eigenvalue weighted by Crippen LogP contribution is -2.14. The third kappa shape index (κ3) is 3.54. The fourth-order valence-corrected chi connectivity index (χ4v) is 2.48. The molecule has 17 heavy (non-hydrogen) atoms. The van der Waals surface area contributed by atoms with E-state index in [9.17, 15) is 0 Å². The van der Waals surface area contributed by atoms with Gasteiger partial charge < -0.3 is 14.8 Å². The van der Waals surface area contributed by atoms with Gasteiger partial charge in [0.25, 0.3) is 0 Å². The van der Waals surface area contributed by atoms with Crippen LogP contribution in [0.15, 0.2) is 12.5 Å². The molecule has 1 aromatic heterocycles. The number of hydrogen-bond acceptors (Lipinski definition) is 3. The SMILES string of the molecule is CN(C)CCCCn1cncc1C1CCNC1. The molecule has 0 aliphatic carbocycles. The smallest absolute Gasteiger partial charge is 0.0948 e. The fraction of sp³-hybridized carbons (Fsp3) is 0.769. The van der Waals surface area contributed by atoms with E-state index in [-0.39, 0.29) is 0 Å². The standard InChI is InChI=1S/C13H24N4/c1-16(2)7-3-4-8-17-11-15-10-13(17)12-5-6-14-9-12/h10-12,14H,3-9H2,1-2H3. The minimum Gasteiger partial charge on any atom is -0.334 e. The molecule has 4 nitrogen and oxygen atoms in total. The number of unbranched alkanes of at least 4 members (excludes halogenated alkanes) is 1. The number of aryl methyl sites for hydroxylation is 1. The summed E-state index contributed by atoms with van der Waals surface area (Å²) in [5, 5.41) is 3.42. The van der Waals surface area contributed by atoms with E-state index in [1.165, 1.54) is 31.5 Å². The van der Waals surface area contributed by atoms with Crippen molar-refractivity contribution in [2.24, 2.45) is 0 Å². The summed E-state index contributed by atoms with van der Waals surface area (Å²) in [6.07, 6.45) is 7.78. The molecule has 0 saturated carbocycles. The van der Waals surface area contributed by atoms with Crippen molar-refractivity contribution in [3.8, 4) is 0 Å². The van der Waals surface area contributed by atoms with Crippen LogP contribution in [0.5, 0.6) is 0 Å². The Morgan fingerprint density at radius 1 is 1.47 bits per heavy atom. The molecule has 1 aliphatic rings. The van der Waals surface area contributed by atoms with Gasteiger partial charge in [0.15, 0.2) is 0 Å². The first-order chi connectivity index (χ1) is 8.27. The molecule has 4 heteroatoms. The van der Waals surface area contributed by atoms with Gasteiger partial charge in [-0.1, -0.05) is 0 Å². The summed E-state index contributed by atoms with van der Waals surface area (Å²) >= 11 is 0. The number of rotatable bonds is 6. The Hall–Kier alpha value is -0.870. The van der Waals surface area contributed by atoms with E-state index in [0.717, 1.165) is 19.6 Å². The number of hydrogen-bond donors (Lipinski definition) is 1. The maximum atomic E-state index is 4.31. The quantitative estimate of drug-likeness (QED) is 0.756. The highest BCUT2D eigenvalue weighted by Crippen LogP contribution is 2.22. The molecule has 1 fully saturated rings. The monoisotopic (exact) mass is 236 g/mol. The van der Waals surface area contributed by atoms with E-state index < -0.39 is 0 Å². The average molecular weight is 236 g/mol. The topological polar surface area (TPSA) is 33.1 Å². The molecule has 0 amide bonds. The Bertz CT molecular complexity index is 326. The minimum absolute atomic E-state index is 0.673. The highest BCUT2D eigenvalue weighted by molar-refractivity contribution is 5.09. The largest absolute Gasteiger partial charge is 0.334 e. The van der Waals surface area contributed by atoms with E-state index in [0.29, 0.717) is 5.92 Å². The Balaban J connectivity index is 1.82. The van der Waals surface area contributed by atoms with Crippen molar-refractivity contribution >= 4 is 0 Å². The van der Waals surface area contributed by atoms with Gasteiger partial charge in [0.05, 0.1) is 6.33 Å². The van der Waals surface area contributed by atoms with Crippen LogP contribution in [0, 0.1) is 0 Å². The van der Waals surface area contributed by atoms with Gasteiger partial charge in [-0.15, -0.1) is 0 Å². The van der Waals surface area contributed by atoms with Gasteiger partial charge in [-0.05, 0) is 46.4 Å². The Morgan fingerprint density at radius 3 is 3.06 bits per heavy atom. The molecule has 1 unspecified atom stereocenters. The van der Waals surface area contributed by atoms with Gasteiger partial charge in [-0.3, -0.25) is 0 Å². The summed E-state index contributed by atoms with van der Waals surface area (Å²) in [5.41, 5.74) is 1.42. The van der Waals surface area contributed by atoms with Crippen molar-refractivity contribution in [1.82, 2.24) is 19.8 Å². The maximum Gasteiger partial charge on any atom is 0.0948 e. The van der Waals surface area contributed by atoms with Gasteiger partial charge in [-0.25, -0.2) is 4.98 Å². The van der Waals surface area contributed by atoms with Crippen molar-refractivity contribution in [1.29, 1.82) is 0 Å². The molecule has 0 spiro atoms. The zero-order chi connectivity index (χ0) is 12.1. The Kier molecular flexibility index (Phi) is 4.57. The Labute approximate surface area is 104 Å². The lowest BCUT2D eigenvalue weighted by atomic mass is 10.1. The van der Waals surface area contributed by atoms with Crippen molar-refractivity contribution < 1.29 is 0 Å². The third-order valence-corrected chi connectivity index (χ3v) is 3.48. The van der Waals surface area contributed by atoms with Gasteiger partial charge in [-0.2, -0.15) is 0 Å². The molecular weight excluding hydrogens is 212 g/mol. The van der Waals surface area contributed by atoms with Crippen molar-refractivity contribution in [2.45, 2.75) is 31.7 Å². The van der Waals surface area contributed by atoms with Crippen LogP contribution in [-0.2, 0) is 6.54 Å². The van der Waals surface area contributed by atoms with Gasteiger partial charge in [0.1, 0.15) is 0 Å². The van der Waals surface area contributed by atoms with Crippen LogP contribution in [0.4, 0.5) is 0 Å². The molecule has 96 valence electrons. The van der Waals surface area contributed by atoms with Gasteiger partial charge >= 0.3 is 0 Å². The van der Waals surface area contributed by atoms with Gasteiger partial charge in [0, 0.05) is 30.9 Å². The molecular formula is C13H24N4. The van der Waals surface area contributed by atoms with E-state index in [4.69, 9.17) is 0 Å². The fourth-order valence-electron chi connectivity index (χ4n) is 2.48. The third-order valence-electron chi connectivity index (χ3n) is 3.48. The zero-order valence-corrected chi connectivity index (χ0v) is 11.0. The zero-order valence-electron chi connectivity index (χ0n) is 11.0. The van der Waals surface area contributed by atoms with E-state index in [2.05, 4.69) is 33.9 Å². The van der Waals surface area contributed by atoms with E-state index in [1.54, 1.807) is 0 Å². The number of imidazole rings is 1. The van der Waals surface area contributed by atoms with Crippen LogP contribution in [0.2, 0.25) is 0 Å². The van der Waals surface area contributed by atoms with Crippen LogP contribution in [0.25, 0.3) is 0 Å². The van der Waals surface area contributed by atoms with Crippen LogP contribution in [0.3, 0.4) is 0 Å². The average Bonchev–Trinajstić information content (AvgIpc) is 2.94. The van der Waals surface area contributed by atoms with Crippen molar-refractivity contribution in [2.75, 3.05) is 33.7 Å². The van der Waals surface area contributed by atoms with Crippen molar-refractivity contribution in [3.05, 3.63) is 18.2 Å². The lowest BCUT2D eigenvalue weighted by Gasteiger charge is -2.13. The highest BCUT2D eigenvalue weighted by Gasteiger charge is 2.19. The summed E-state index contributed by atoms with van der Waals surface area (Å²) in [7, 11) is 4.26. The molecule has 1 atom stereocenters. The van der Waals surface area contributed by atoms with Gasteiger partial charge in [0.2, 0.25) is 0 Å². The Morgan fingerprint density at radius 2 is 2.35 bits per heavy atom. The molecule has 1 N–H and O–H groups in total. The normalized spacial score (nSPS) is 20.3. The molecule has 2 heterocycles. The molecule has 0 radical (unpaired) electrons. The van der Waals surface area contributed by atoms with E-state index in [1.807, 2.05) is 12.5 Å². The van der Waals surface area contributed by atoms with Crippen molar-refractivity contribution in [3.63, 3.8) is 0 Å². The molecule has 1 aliphatic heterocycles. The number of nitrogens with one attached hydrogen (secondary N) is 1. The number of nitrogens with zero attached hydrogens (tertiary/aromatic N) is 3. The first kappa shape index (κ1) is 12.6. The van der Waals surface area contributed by atoms with Crippen LogP contribution in [-0.4, -0.2) is 48.2 Å². The highest BCUT2D eigenvalue weighted by atomic mass is 15.1. The predicted molar refractivity (Wildman–Crippen MR) is 70.2 cm³/mol. The first-order valence-electron chi connectivity index (χ1n) is 6.63. The molecule has 2 rings (SSSR count). The molecule has 1 aromatic rings. The predicted octanol–water partition coefficient (Wildman–Crippen LogP) is 1.30. The second kappa shape index (κ2) is 6.17. The summed E-state index contributed by atoms with van der Waals surface area (Å²) in [6, 6.07) is 0. The second-order valence-corrected chi connectivity index (χ2v) is 5.21. The van der Waals surface area contributed by atoms with Crippen LogP contribution >= 0.6 is 0 Å². The van der Waals surface area contributed by atoms with Crippen LogP contribution in [0.1, 0.15) is 30.9 Å². The van der Waals surface area contributed by atoms with Crippen LogP contribution < -0.4 is 5.32 Å². The second-order valence-electron chi connectivity index (χ2n) is 5.21. The summed E-state index contributed by atoms with van der Waals surface area (Å²) in [5.74, 6) is 0.673. The minimum atomic E-state index is 0.673. The summed E-state index contributed by atoms with van der Waals surface area (Å²) < 4.78 is 2.34. The lowest BCUT2D eigenvalue weighted by molar-refractivity contribution is 0.386. The maximum absolute atomic E-state index is 4.31. The summed E-state index contributed by atoms with van der Waals surface area (Å²) in [6.45, 7) is 4.55. The molecule has 0 aromatic carbocycles. The molecule has 0 bridgehead atoms. The first-order valence-corrected chi connectivity index (χ1v) is 6.63. The summed E-state index contributed by atoms with van der Waals surface area (Å²) in [4.78, 5) is 6.55.